The Balaban J connectivity index is 1.42. The third-order valence-corrected chi connectivity index (χ3v) is 5.92. The Labute approximate surface area is 192 Å². The molecule has 2 aliphatic rings. The number of fused-ring (bicyclic) bond motifs is 1. The fourth-order valence-corrected chi connectivity index (χ4v) is 3.97. The molecule has 3 aromatic rings. The molecular formula is C25H25N5O3. The number of carbonyl (C=O) groups is 2. The third kappa shape index (κ3) is 4.50. The molecule has 1 aliphatic carbocycles. The molecular weight excluding hydrogens is 418 g/mol. The summed E-state index contributed by atoms with van der Waals surface area (Å²) in [5, 5.41) is 3.06. The van der Waals surface area contributed by atoms with E-state index in [1.165, 1.54) is 0 Å². The van der Waals surface area contributed by atoms with Crippen LogP contribution in [0.25, 0.3) is 0 Å². The van der Waals surface area contributed by atoms with Crippen molar-refractivity contribution in [2.75, 3.05) is 23.9 Å². The van der Waals surface area contributed by atoms with Crippen molar-refractivity contribution in [1.82, 2.24) is 14.9 Å². The van der Waals surface area contributed by atoms with Crippen LogP contribution < -0.4 is 15.0 Å². The van der Waals surface area contributed by atoms with E-state index in [1.807, 2.05) is 47.4 Å². The summed E-state index contributed by atoms with van der Waals surface area (Å²) in [5.41, 5.74) is 2.89. The van der Waals surface area contributed by atoms with Crippen molar-refractivity contribution < 1.29 is 14.3 Å². The number of amides is 2. The van der Waals surface area contributed by atoms with Gasteiger partial charge in [0.15, 0.2) is 5.82 Å². The molecule has 2 aromatic heterocycles. The van der Waals surface area contributed by atoms with Crippen LogP contribution in [0.3, 0.4) is 0 Å². The van der Waals surface area contributed by atoms with Crippen LogP contribution in [0.5, 0.6) is 5.75 Å². The highest BCUT2D eigenvalue weighted by molar-refractivity contribution is 6.04. The molecule has 0 spiro atoms. The van der Waals surface area contributed by atoms with Gasteiger partial charge >= 0.3 is 0 Å². The number of hydrogen-bond donors (Lipinski definition) is 1. The van der Waals surface area contributed by atoms with Crippen molar-refractivity contribution in [3.05, 3.63) is 77.7 Å². The lowest BCUT2D eigenvalue weighted by molar-refractivity contribution is -0.117. The molecule has 0 unspecified atom stereocenters. The van der Waals surface area contributed by atoms with Gasteiger partial charge in [-0.15, -0.1) is 0 Å². The number of pyridine rings is 2. The predicted molar refractivity (Wildman–Crippen MR) is 124 cm³/mol. The van der Waals surface area contributed by atoms with Gasteiger partial charge in [0.25, 0.3) is 5.91 Å². The summed E-state index contributed by atoms with van der Waals surface area (Å²) in [5.74, 6) is 1.19. The third-order valence-electron chi connectivity index (χ3n) is 5.92. The highest BCUT2D eigenvalue weighted by Crippen LogP contribution is 2.33. The molecule has 1 aromatic carbocycles. The van der Waals surface area contributed by atoms with Crippen LogP contribution in [-0.2, 0) is 17.9 Å². The van der Waals surface area contributed by atoms with Crippen LogP contribution in [0.15, 0.2) is 60.9 Å². The Kier molecular flexibility index (Phi) is 5.64. The summed E-state index contributed by atoms with van der Waals surface area (Å²) in [6, 6.07) is 15.3. The highest BCUT2D eigenvalue weighted by atomic mass is 16.5. The summed E-state index contributed by atoms with van der Waals surface area (Å²) < 4.78 is 5.22. The number of nitrogens with one attached hydrogen (secondary N) is 1. The number of ether oxygens (including phenoxy) is 1. The van der Waals surface area contributed by atoms with E-state index in [0.29, 0.717) is 30.2 Å². The van der Waals surface area contributed by atoms with Gasteiger partial charge in [0.1, 0.15) is 5.75 Å². The van der Waals surface area contributed by atoms with Crippen LogP contribution in [0.1, 0.15) is 34.5 Å². The molecule has 1 fully saturated rings. The Hall–Kier alpha value is -3.94. The Morgan fingerprint density at radius 3 is 2.70 bits per heavy atom. The van der Waals surface area contributed by atoms with Gasteiger partial charge in [-0.05, 0) is 48.7 Å². The molecule has 168 valence electrons. The number of rotatable bonds is 7. The second kappa shape index (κ2) is 8.90. The van der Waals surface area contributed by atoms with E-state index in [0.717, 1.165) is 29.8 Å². The van der Waals surface area contributed by atoms with E-state index < -0.39 is 0 Å². The van der Waals surface area contributed by atoms with Gasteiger partial charge < -0.3 is 19.9 Å². The molecule has 0 radical (unpaired) electrons. The molecule has 1 N–H and O–H groups in total. The number of carbonyl (C=O) groups excluding carboxylic acids is 2. The van der Waals surface area contributed by atoms with E-state index in [1.54, 1.807) is 30.5 Å². The van der Waals surface area contributed by atoms with Crippen LogP contribution in [-0.4, -0.2) is 46.4 Å². The number of hydrogen-bond acceptors (Lipinski definition) is 6. The van der Waals surface area contributed by atoms with Crippen LogP contribution >= 0.6 is 0 Å². The molecule has 1 saturated carbocycles. The summed E-state index contributed by atoms with van der Waals surface area (Å²) in [6.07, 6.45) is 5.30. The fraction of sp³-hybridized carbons (Fsp3) is 0.280. The summed E-state index contributed by atoms with van der Waals surface area (Å²) in [7, 11) is 1.62. The quantitative estimate of drug-likeness (QED) is 0.603. The molecule has 0 bridgehead atoms. The monoisotopic (exact) mass is 443 g/mol. The number of methoxy groups -OCH3 is 1. The zero-order chi connectivity index (χ0) is 22.8. The first-order valence-corrected chi connectivity index (χ1v) is 11.0. The van der Waals surface area contributed by atoms with Crippen molar-refractivity contribution in [2.45, 2.75) is 32.0 Å². The molecule has 33 heavy (non-hydrogen) atoms. The largest absolute Gasteiger partial charge is 0.497 e. The standard InChI is InChI=1S/C25H25N5O3/c1-33-21-9-5-17(6-10-21)15-30-22-12-18(13-27-24(22)28-14-23(30)31)25(32)29(20-7-8-20)16-19-4-2-3-11-26-19/h2-6,9-13,20H,7-8,14-16H2,1H3,(H,27,28). The Morgan fingerprint density at radius 1 is 1.18 bits per heavy atom. The number of nitrogens with zero attached hydrogens (tertiary/aromatic N) is 4. The van der Waals surface area contributed by atoms with E-state index >= 15 is 0 Å². The zero-order valence-electron chi connectivity index (χ0n) is 18.4. The minimum absolute atomic E-state index is 0.0720. The van der Waals surface area contributed by atoms with E-state index in [2.05, 4.69) is 15.3 Å². The summed E-state index contributed by atoms with van der Waals surface area (Å²) >= 11 is 0. The SMILES string of the molecule is COc1ccc(CN2C(=O)CNc3ncc(C(=O)N(Cc4ccccn4)C4CC4)cc32)cc1. The Morgan fingerprint density at radius 2 is 2.00 bits per heavy atom. The molecule has 0 atom stereocenters. The first kappa shape index (κ1) is 20.9. The highest BCUT2D eigenvalue weighted by Gasteiger charge is 2.34. The minimum Gasteiger partial charge on any atom is -0.497 e. The molecule has 0 saturated heterocycles. The van der Waals surface area contributed by atoms with Gasteiger partial charge in [-0.2, -0.15) is 0 Å². The van der Waals surface area contributed by atoms with Gasteiger partial charge in [-0.1, -0.05) is 18.2 Å². The van der Waals surface area contributed by atoms with Crippen molar-refractivity contribution in [3.63, 3.8) is 0 Å². The average Bonchev–Trinajstić information content (AvgIpc) is 3.70. The van der Waals surface area contributed by atoms with Gasteiger partial charge in [-0.3, -0.25) is 14.6 Å². The number of aromatic nitrogens is 2. The molecule has 1 aliphatic heterocycles. The molecule has 2 amide bonds. The van der Waals surface area contributed by atoms with Crippen molar-refractivity contribution in [2.24, 2.45) is 0 Å². The molecule has 8 heteroatoms. The van der Waals surface area contributed by atoms with E-state index in [-0.39, 0.29) is 24.4 Å². The van der Waals surface area contributed by atoms with Crippen LogP contribution in [0.2, 0.25) is 0 Å². The van der Waals surface area contributed by atoms with E-state index in [4.69, 9.17) is 4.74 Å². The number of benzene rings is 1. The predicted octanol–water partition coefficient (Wildman–Crippen LogP) is 3.25. The maximum atomic E-state index is 13.5. The van der Waals surface area contributed by atoms with Gasteiger partial charge in [0, 0.05) is 18.4 Å². The lowest BCUT2D eigenvalue weighted by Gasteiger charge is -2.30. The van der Waals surface area contributed by atoms with Crippen LogP contribution in [0.4, 0.5) is 11.5 Å². The topological polar surface area (TPSA) is 87.7 Å². The molecule has 5 rings (SSSR count). The normalized spacial score (nSPS) is 14.9. The average molecular weight is 444 g/mol. The Bertz CT molecular complexity index is 1160. The lowest BCUT2D eigenvalue weighted by Crippen LogP contribution is -2.40. The lowest BCUT2D eigenvalue weighted by atomic mass is 10.1. The fourth-order valence-electron chi connectivity index (χ4n) is 3.97. The molecule has 8 nitrogen and oxygen atoms in total. The smallest absolute Gasteiger partial charge is 0.256 e. The van der Waals surface area contributed by atoms with Crippen LogP contribution in [0, 0.1) is 0 Å². The summed E-state index contributed by atoms with van der Waals surface area (Å²) in [4.78, 5) is 38.6. The zero-order valence-corrected chi connectivity index (χ0v) is 18.4. The second-order valence-electron chi connectivity index (χ2n) is 8.26. The number of anilines is 2. The minimum atomic E-state index is -0.0964. The maximum Gasteiger partial charge on any atom is 0.256 e. The van der Waals surface area contributed by atoms with Crippen molar-refractivity contribution in [3.8, 4) is 5.75 Å². The van der Waals surface area contributed by atoms with Gasteiger partial charge in [-0.25, -0.2) is 4.98 Å². The van der Waals surface area contributed by atoms with Gasteiger partial charge in [0.05, 0.1) is 43.7 Å². The first-order chi connectivity index (χ1) is 16.1. The van der Waals surface area contributed by atoms with E-state index in [9.17, 15) is 9.59 Å². The van der Waals surface area contributed by atoms with Crippen molar-refractivity contribution >= 4 is 23.3 Å². The first-order valence-electron chi connectivity index (χ1n) is 11.0. The molecule has 3 heterocycles. The maximum absolute atomic E-state index is 13.5. The van der Waals surface area contributed by atoms with Crippen molar-refractivity contribution in [1.29, 1.82) is 0 Å². The second-order valence-corrected chi connectivity index (χ2v) is 8.26. The van der Waals surface area contributed by atoms with Gasteiger partial charge in [0.2, 0.25) is 5.91 Å². The summed E-state index contributed by atoms with van der Waals surface area (Å²) in [6.45, 7) is 1.00.